The lowest BCUT2D eigenvalue weighted by atomic mass is 10.0. The van der Waals surface area contributed by atoms with Gasteiger partial charge in [-0.1, -0.05) is 29.8 Å². The van der Waals surface area contributed by atoms with Crippen molar-refractivity contribution in [3.8, 4) is 0 Å². The molecule has 2 aliphatic rings. The molecular formula is C15H13ClN2O7S2. The van der Waals surface area contributed by atoms with E-state index >= 15 is 0 Å². The number of hydrogen-bond acceptors (Lipinski definition) is 6. The van der Waals surface area contributed by atoms with E-state index in [1.807, 2.05) is 0 Å². The number of carboxylic acid groups (broad SMARTS) is 1. The number of aliphatic carboxylic acids is 1. The number of benzene rings is 1. The molecule has 12 heteroatoms. The molecule has 3 rings (SSSR count). The molecule has 0 bridgehead atoms. The van der Waals surface area contributed by atoms with Crippen LogP contribution in [0.25, 0.3) is 0 Å². The number of halogens is 1. The molecular weight excluding hydrogens is 420 g/mol. The lowest BCUT2D eigenvalue weighted by Gasteiger charge is -2.48. The summed E-state index contributed by atoms with van der Waals surface area (Å²) in [6, 6.07) is 4.51. The molecule has 0 aromatic heterocycles. The van der Waals surface area contributed by atoms with E-state index in [2.05, 4.69) is 5.32 Å². The van der Waals surface area contributed by atoms with Crippen LogP contribution in [0.1, 0.15) is 5.56 Å². The van der Waals surface area contributed by atoms with Crippen LogP contribution in [0, 0.1) is 0 Å². The molecule has 0 radical (unpaired) electrons. The maximum absolute atomic E-state index is 12.3. The van der Waals surface area contributed by atoms with Crippen molar-refractivity contribution in [1.29, 1.82) is 0 Å². The van der Waals surface area contributed by atoms with Crippen LogP contribution < -0.4 is 5.32 Å². The van der Waals surface area contributed by atoms with Gasteiger partial charge in [-0.15, -0.1) is 11.8 Å². The smallest absolute Gasteiger partial charge is 0.353 e. The topological polar surface area (TPSA) is 141 Å². The summed E-state index contributed by atoms with van der Waals surface area (Å²) in [6.45, 7) is 0. The van der Waals surface area contributed by atoms with E-state index in [1.165, 1.54) is 30.0 Å². The third-order valence-corrected chi connectivity index (χ3v) is 6.75. The number of carbonyl (C=O) groups excluding carboxylic acids is 2. The molecule has 2 heterocycles. The summed E-state index contributed by atoms with van der Waals surface area (Å²) in [5, 5.41) is 11.1. The van der Waals surface area contributed by atoms with Crippen LogP contribution in [-0.2, 0) is 30.9 Å². The van der Waals surface area contributed by atoms with Crippen molar-refractivity contribution in [1.82, 2.24) is 10.2 Å². The minimum atomic E-state index is -4.50. The first kappa shape index (κ1) is 19.7. The number of amides is 2. The second-order valence-corrected chi connectivity index (χ2v) is 8.72. The minimum Gasteiger partial charge on any atom is -0.477 e. The van der Waals surface area contributed by atoms with Gasteiger partial charge in [0.25, 0.3) is 16.0 Å². The summed E-state index contributed by atoms with van der Waals surface area (Å²) in [7, 11) is -4.50. The predicted molar refractivity (Wildman–Crippen MR) is 95.5 cm³/mol. The Kier molecular flexibility index (Phi) is 5.21. The molecule has 0 aliphatic carbocycles. The molecule has 9 nitrogen and oxygen atoms in total. The van der Waals surface area contributed by atoms with Crippen LogP contribution in [0.4, 0.5) is 0 Å². The summed E-state index contributed by atoms with van der Waals surface area (Å²) in [5.41, 5.74) is -0.223. The van der Waals surface area contributed by atoms with Crippen LogP contribution in [0.15, 0.2) is 39.9 Å². The van der Waals surface area contributed by atoms with Crippen molar-refractivity contribution in [2.24, 2.45) is 0 Å². The number of β-lactam (4-membered cyclic amide) rings is 1. The highest BCUT2D eigenvalue weighted by atomic mass is 35.5. The van der Waals surface area contributed by atoms with Crippen LogP contribution in [0.3, 0.4) is 0 Å². The Morgan fingerprint density at radius 3 is 2.63 bits per heavy atom. The molecule has 1 aromatic carbocycles. The van der Waals surface area contributed by atoms with Crippen molar-refractivity contribution >= 4 is 51.3 Å². The van der Waals surface area contributed by atoms with Gasteiger partial charge in [0.15, 0.2) is 0 Å². The lowest BCUT2D eigenvalue weighted by Crippen LogP contribution is -2.70. The zero-order chi connectivity index (χ0) is 19.9. The minimum absolute atomic E-state index is 0.0453. The van der Waals surface area contributed by atoms with Gasteiger partial charge in [-0.2, -0.15) is 8.42 Å². The Hall–Kier alpha value is -2.08. The van der Waals surface area contributed by atoms with Gasteiger partial charge in [0.05, 0.1) is 16.3 Å². The SMILES string of the molecule is O=C(Cc1ccccc1S(=O)(=O)O)NC1C(=O)N2C(C(=O)O)=C(Cl)CSC12. The Morgan fingerprint density at radius 2 is 2.00 bits per heavy atom. The largest absolute Gasteiger partial charge is 0.477 e. The zero-order valence-corrected chi connectivity index (χ0v) is 15.8. The molecule has 2 aliphatic heterocycles. The number of fused-ring (bicyclic) bond motifs is 1. The van der Waals surface area contributed by atoms with Gasteiger partial charge in [-0.25, -0.2) is 4.79 Å². The van der Waals surface area contributed by atoms with Crippen molar-refractivity contribution in [2.45, 2.75) is 22.7 Å². The zero-order valence-electron chi connectivity index (χ0n) is 13.5. The first-order valence-electron chi connectivity index (χ1n) is 7.52. The molecule has 3 N–H and O–H groups in total. The van der Waals surface area contributed by atoms with Crippen LogP contribution >= 0.6 is 23.4 Å². The number of nitrogens with zero attached hydrogens (tertiary/aromatic N) is 1. The Labute approximate surface area is 163 Å². The quantitative estimate of drug-likeness (QED) is 0.448. The number of carboxylic acids is 1. The monoisotopic (exact) mass is 432 g/mol. The summed E-state index contributed by atoms with van der Waals surface area (Å²) in [4.78, 5) is 36.5. The fourth-order valence-corrected chi connectivity index (χ4v) is 5.15. The summed E-state index contributed by atoms with van der Waals surface area (Å²) < 4.78 is 32.0. The van der Waals surface area contributed by atoms with E-state index in [4.69, 9.17) is 11.6 Å². The van der Waals surface area contributed by atoms with E-state index in [-0.39, 0.29) is 28.5 Å². The Balaban J connectivity index is 1.73. The molecule has 0 saturated carbocycles. The normalized spacial score (nSPS) is 22.1. The number of hydrogen-bond donors (Lipinski definition) is 3. The highest BCUT2D eigenvalue weighted by Gasteiger charge is 2.54. The first-order valence-corrected chi connectivity index (χ1v) is 10.4. The standard InChI is InChI=1S/C15H13ClN2O7S2/c16-8-6-26-14-11(13(20)18(14)12(8)15(21)22)17-10(19)5-7-3-1-2-4-9(7)27(23,24)25/h1-4,11,14H,5-6H2,(H,17,19)(H,21,22)(H,23,24,25). The van der Waals surface area contributed by atoms with Gasteiger partial charge in [-0.05, 0) is 11.6 Å². The molecule has 1 saturated heterocycles. The number of thioether (sulfide) groups is 1. The van der Waals surface area contributed by atoms with Crippen molar-refractivity contribution < 1.29 is 32.5 Å². The van der Waals surface area contributed by atoms with Gasteiger partial charge in [0, 0.05) is 5.75 Å². The molecule has 2 amide bonds. The van der Waals surface area contributed by atoms with Gasteiger partial charge >= 0.3 is 5.97 Å². The Bertz CT molecular complexity index is 976. The van der Waals surface area contributed by atoms with Gasteiger partial charge < -0.3 is 10.4 Å². The second kappa shape index (κ2) is 7.15. The highest BCUT2D eigenvalue weighted by Crippen LogP contribution is 2.41. The van der Waals surface area contributed by atoms with E-state index in [9.17, 15) is 32.5 Å². The van der Waals surface area contributed by atoms with E-state index < -0.39 is 44.2 Å². The molecule has 2 unspecified atom stereocenters. The summed E-state index contributed by atoms with van der Waals surface area (Å²) in [6.07, 6.45) is -0.375. The molecule has 144 valence electrons. The average Bonchev–Trinajstić information content (AvgIpc) is 2.58. The molecule has 2 atom stereocenters. The Morgan fingerprint density at radius 1 is 1.33 bits per heavy atom. The second-order valence-electron chi connectivity index (χ2n) is 5.77. The number of carbonyl (C=O) groups is 3. The number of rotatable bonds is 5. The molecule has 27 heavy (non-hydrogen) atoms. The van der Waals surface area contributed by atoms with Crippen LogP contribution in [-0.4, -0.2) is 57.9 Å². The van der Waals surface area contributed by atoms with Gasteiger partial charge in [0.2, 0.25) is 5.91 Å². The van der Waals surface area contributed by atoms with Gasteiger partial charge in [0.1, 0.15) is 17.1 Å². The molecule has 1 aromatic rings. The highest BCUT2D eigenvalue weighted by molar-refractivity contribution is 8.00. The molecule has 0 spiro atoms. The lowest BCUT2D eigenvalue weighted by molar-refractivity contribution is -0.150. The van der Waals surface area contributed by atoms with Gasteiger partial charge in [-0.3, -0.25) is 19.0 Å². The molecule has 1 fully saturated rings. The number of nitrogens with one attached hydrogen (secondary N) is 1. The fourth-order valence-electron chi connectivity index (χ4n) is 2.88. The maximum Gasteiger partial charge on any atom is 0.353 e. The van der Waals surface area contributed by atoms with Crippen LogP contribution in [0.2, 0.25) is 0 Å². The third kappa shape index (κ3) is 3.68. The van der Waals surface area contributed by atoms with E-state index in [0.717, 1.165) is 11.0 Å². The summed E-state index contributed by atoms with van der Waals surface area (Å²) in [5.74, 6) is -2.39. The van der Waals surface area contributed by atoms with Crippen molar-refractivity contribution in [3.63, 3.8) is 0 Å². The van der Waals surface area contributed by atoms with E-state index in [0.29, 0.717) is 0 Å². The van der Waals surface area contributed by atoms with Crippen molar-refractivity contribution in [2.75, 3.05) is 5.75 Å². The summed E-state index contributed by atoms with van der Waals surface area (Å²) >= 11 is 7.09. The maximum atomic E-state index is 12.3. The predicted octanol–water partition coefficient (Wildman–Crippen LogP) is 0.411. The first-order chi connectivity index (χ1) is 12.6. The average molecular weight is 433 g/mol. The van der Waals surface area contributed by atoms with Crippen molar-refractivity contribution in [3.05, 3.63) is 40.6 Å². The van der Waals surface area contributed by atoms with E-state index in [1.54, 1.807) is 0 Å². The third-order valence-electron chi connectivity index (χ3n) is 4.04. The van der Waals surface area contributed by atoms with Crippen LogP contribution in [0.5, 0.6) is 0 Å². The fraction of sp³-hybridized carbons (Fsp3) is 0.267.